The smallest absolute Gasteiger partial charge is 0.286 e. The van der Waals surface area contributed by atoms with Crippen LogP contribution in [-0.2, 0) is 0 Å². The number of fused-ring (bicyclic) bond motifs is 1. The summed E-state index contributed by atoms with van der Waals surface area (Å²) in [6.45, 7) is 0. The maximum absolute atomic E-state index is 12.2. The molecule has 24 heavy (non-hydrogen) atoms. The average Bonchev–Trinajstić information content (AvgIpc) is 2.60. The Balaban J connectivity index is 2.04. The van der Waals surface area contributed by atoms with Crippen LogP contribution >= 0.6 is 22.9 Å². The van der Waals surface area contributed by atoms with Crippen molar-refractivity contribution >= 4 is 38.8 Å². The molecule has 2 aromatic carbocycles. The SMILES string of the molecule is COc1cc2[nH]c(=O)/c(=N\Nc3ccc(Cl)cc3)sc2cc1OC. The second-order valence-corrected chi connectivity index (χ2v) is 6.26. The van der Waals surface area contributed by atoms with Crippen molar-refractivity contribution in [2.24, 2.45) is 5.10 Å². The molecule has 0 aliphatic carbocycles. The van der Waals surface area contributed by atoms with Crippen molar-refractivity contribution in [3.63, 3.8) is 0 Å². The first-order chi connectivity index (χ1) is 11.6. The predicted molar refractivity (Wildman–Crippen MR) is 96.2 cm³/mol. The minimum Gasteiger partial charge on any atom is -0.493 e. The molecule has 0 aliphatic heterocycles. The van der Waals surface area contributed by atoms with Gasteiger partial charge in [0, 0.05) is 17.2 Å². The molecule has 8 heteroatoms. The van der Waals surface area contributed by atoms with Crippen LogP contribution in [0.15, 0.2) is 46.3 Å². The summed E-state index contributed by atoms with van der Waals surface area (Å²) >= 11 is 7.09. The fraction of sp³-hybridized carbons (Fsp3) is 0.125. The van der Waals surface area contributed by atoms with Crippen LogP contribution in [0.4, 0.5) is 5.69 Å². The first kappa shape index (κ1) is 16.4. The number of hydrogen-bond donors (Lipinski definition) is 2. The first-order valence-electron chi connectivity index (χ1n) is 6.95. The molecule has 6 nitrogen and oxygen atoms in total. The van der Waals surface area contributed by atoms with Crippen LogP contribution in [0, 0.1) is 0 Å². The van der Waals surface area contributed by atoms with Gasteiger partial charge in [0.25, 0.3) is 5.56 Å². The number of benzene rings is 2. The van der Waals surface area contributed by atoms with Gasteiger partial charge in [-0.1, -0.05) is 11.6 Å². The Bertz CT molecular complexity index is 996. The van der Waals surface area contributed by atoms with Crippen molar-refractivity contribution < 1.29 is 9.47 Å². The molecule has 0 aliphatic rings. The van der Waals surface area contributed by atoms with Crippen LogP contribution in [0.25, 0.3) is 10.2 Å². The van der Waals surface area contributed by atoms with Gasteiger partial charge in [0.1, 0.15) is 0 Å². The van der Waals surface area contributed by atoms with E-state index in [9.17, 15) is 4.79 Å². The van der Waals surface area contributed by atoms with E-state index < -0.39 is 0 Å². The number of anilines is 1. The summed E-state index contributed by atoms with van der Waals surface area (Å²) in [7, 11) is 3.11. The van der Waals surface area contributed by atoms with Crippen LogP contribution in [-0.4, -0.2) is 19.2 Å². The minimum atomic E-state index is -0.291. The Morgan fingerprint density at radius 3 is 2.46 bits per heavy atom. The largest absolute Gasteiger partial charge is 0.493 e. The van der Waals surface area contributed by atoms with E-state index in [1.54, 1.807) is 50.6 Å². The number of nitrogens with one attached hydrogen (secondary N) is 2. The second-order valence-electron chi connectivity index (χ2n) is 4.80. The van der Waals surface area contributed by atoms with Gasteiger partial charge in [-0.05, 0) is 24.3 Å². The Morgan fingerprint density at radius 2 is 1.79 bits per heavy atom. The van der Waals surface area contributed by atoms with E-state index in [-0.39, 0.29) is 5.56 Å². The van der Waals surface area contributed by atoms with Gasteiger partial charge in [-0.3, -0.25) is 10.2 Å². The highest BCUT2D eigenvalue weighted by molar-refractivity contribution is 7.16. The van der Waals surface area contributed by atoms with E-state index in [1.807, 2.05) is 0 Å². The molecule has 3 rings (SSSR count). The highest BCUT2D eigenvalue weighted by Gasteiger charge is 2.08. The van der Waals surface area contributed by atoms with Crippen LogP contribution in [0.5, 0.6) is 11.5 Å². The van der Waals surface area contributed by atoms with Gasteiger partial charge in [-0.2, -0.15) is 5.10 Å². The molecule has 0 fully saturated rings. The van der Waals surface area contributed by atoms with E-state index >= 15 is 0 Å². The number of methoxy groups -OCH3 is 2. The standard InChI is InChI=1S/C16H14ClN3O3S/c1-22-12-7-11-14(8-13(12)23-2)24-16(15(21)18-11)20-19-10-5-3-9(17)4-6-10/h3-8,19H,1-2H3,(H,18,21)/b20-16+. The van der Waals surface area contributed by atoms with Crippen molar-refractivity contribution in [2.75, 3.05) is 19.6 Å². The van der Waals surface area contributed by atoms with E-state index in [2.05, 4.69) is 15.5 Å². The van der Waals surface area contributed by atoms with Crippen molar-refractivity contribution in [1.82, 2.24) is 4.98 Å². The van der Waals surface area contributed by atoms with Crippen molar-refractivity contribution in [2.45, 2.75) is 0 Å². The number of H-pyrrole nitrogens is 1. The normalized spacial score (nSPS) is 11.5. The summed E-state index contributed by atoms with van der Waals surface area (Å²) in [5.74, 6) is 1.14. The molecule has 1 heterocycles. The van der Waals surface area contributed by atoms with E-state index in [0.717, 1.165) is 10.4 Å². The Hall–Kier alpha value is -2.51. The molecule has 124 valence electrons. The lowest BCUT2D eigenvalue weighted by atomic mass is 10.3. The lowest BCUT2D eigenvalue weighted by Gasteiger charge is -2.08. The van der Waals surface area contributed by atoms with Gasteiger partial charge in [0.15, 0.2) is 11.5 Å². The number of aromatic nitrogens is 1. The Kier molecular flexibility index (Phi) is 4.73. The topological polar surface area (TPSA) is 75.7 Å². The summed E-state index contributed by atoms with van der Waals surface area (Å²) in [4.78, 5) is 15.0. The van der Waals surface area contributed by atoms with Crippen LogP contribution in [0.3, 0.4) is 0 Å². The second kappa shape index (κ2) is 6.94. The summed E-state index contributed by atoms with van der Waals surface area (Å²) in [6.07, 6.45) is 0. The highest BCUT2D eigenvalue weighted by Crippen LogP contribution is 2.31. The Labute approximate surface area is 146 Å². The molecule has 0 bridgehead atoms. The number of hydrogen-bond acceptors (Lipinski definition) is 6. The molecule has 0 amide bonds. The molecule has 0 atom stereocenters. The van der Waals surface area contributed by atoms with Crippen molar-refractivity contribution in [3.05, 3.63) is 56.4 Å². The molecule has 0 saturated heterocycles. The third kappa shape index (κ3) is 3.37. The lowest BCUT2D eigenvalue weighted by molar-refractivity contribution is 0.356. The molecule has 0 unspecified atom stereocenters. The number of nitrogens with zero attached hydrogens (tertiary/aromatic N) is 1. The fourth-order valence-corrected chi connectivity index (χ4v) is 3.04. The quantitative estimate of drug-likeness (QED) is 0.698. The van der Waals surface area contributed by atoms with Crippen LogP contribution in [0.2, 0.25) is 5.02 Å². The highest BCUT2D eigenvalue weighted by atomic mass is 35.5. The van der Waals surface area contributed by atoms with Gasteiger partial charge >= 0.3 is 0 Å². The minimum absolute atomic E-state index is 0.291. The number of aromatic amines is 1. The van der Waals surface area contributed by atoms with Gasteiger partial charge in [-0.15, -0.1) is 11.3 Å². The van der Waals surface area contributed by atoms with Crippen molar-refractivity contribution in [1.29, 1.82) is 0 Å². The number of rotatable bonds is 4. The molecular weight excluding hydrogens is 350 g/mol. The molecule has 3 aromatic rings. The first-order valence-corrected chi connectivity index (χ1v) is 8.14. The summed E-state index contributed by atoms with van der Waals surface area (Å²) in [6, 6.07) is 10.6. The van der Waals surface area contributed by atoms with E-state index in [4.69, 9.17) is 21.1 Å². The molecule has 1 aromatic heterocycles. The van der Waals surface area contributed by atoms with Crippen molar-refractivity contribution in [3.8, 4) is 11.5 Å². The zero-order valence-electron chi connectivity index (χ0n) is 12.9. The maximum atomic E-state index is 12.2. The molecular formula is C16H14ClN3O3S. The van der Waals surface area contributed by atoms with E-state index in [0.29, 0.717) is 26.7 Å². The molecule has 0 radical (unpaired) electrons. The Morgan fingerprint density at radius 1 is 1.12 bits per heavy atom. The van der Waals surface area contributed by atoms with Gasteiger partial charge in [0.05, 0.1) is 30.1 Å². The number of halogens is 1. The maximum Gasteiger partial charge on any atom is 0.286 e. The summed E-state index contributed by atoms with van der Waals surface area (Å²) < 4.78 is 11.6. The lowest BCUT2D eigenvalue weighted by Crippen LogP contribution is -2.26. The zero-order valence-corrected chi connectivity index (χ0v) is 14.5. The zero-order chi connectivity index (χ0) is 17.1. The molecule has 0 saturated carbocycles. The summed E-state index contributed by atoms with van der Waals surface area (Å²) in [5, 5.41) is 4.80. The third-order valence-corrected chi connectivity index (χ3v) is 4.55. The molecule has 2 N–H and O–H groups in total. The van der Waals surface area contributed by atoms with Gasteiger partial charge in [0.2, 0.25) is 4.67 Å². The predicted octanol–water partition coefficient (Wildman–Crippen LogP) is 3.19. The van der Waals surface area contributed by atoms with Crippen LogP contribution in [0.1, 0.15) is 0 Å². The average molecular weight is 364 g/mol. The van der Waals surface area contributed by atoms with Crippen LogP contribution < -0.4 is 25.1 Å². The third-order valence-electron chi connectivity index (χ3n) is 3.27. The monoisotopic (exact) mass is 363 g/mol. The summed E-state index contributed by atoms with van der Waals surface area (Å²) in [5.41, 5.74) is 3.95. The molecule has 0 spiro atoms. The number of ether oxygens (including phenoxy) is 2. The van der Waals surface area contributed by atoms with E-state index in [1.165, 1.54) is 11.3 Å². The van der Waals surface area contributed by atoms with Gasteiger partial charge in [-0.25, -0.2) is 0 Å². The fourth-order valence-electron chi connectivity index (χ4n) is 2.08. The van der Waals surface area contributed by atoms with Gasteiger partial charge < -0.3 is 14.5 Å².